The highest BCUT2D eigenvalue weighted by atomic mass is 16.2. The summed E-state index contributed by atoms with van der Waals surface area (Å²) in [6.45, 7) is 5.41. The van der Waals surface area contributed by atoms with Crippen molar-refractivity contribution in [2.45, 2.75) is 46.1 Å². The zero-order valence-corrected chi connectivity index (χ0v) is 12.8. The average Bonchev–Trinajstić information content (AvgIpc) is 2.48. The lowest BCUT2D eigenvalue weighted by atomic mass is 10.1. The van der Waals surface area contributed by atoms with Crippen molar-refractivity contribution in [3.05, 3.63) is 30.1 Å². The standard InChI is InChI=1S/C13H19N3O2.C2H6/c1-10(17)16-12(13(18)14-2)7-3-5-11-6-4-8-15-9-11;1-2/h4,6,8-9,12H,3,5,7H2,1-2H3,(H,14,18)(H,16,17);1-2H3. The number of likely N-dealkylation sites (N-methyl/N-ethyl adjacent to an activating group) is 1. The zero-order valence-electron chi connectivity index (χ0n) is 12.8. The van der Waals surface area contributed by atoms with Crippen LogP contribution in [0.25, 0.3) is 0 Å². The van der Waals surface area contributed by atoms with Crippen molar-refractivity contribution >= 4 is 11.8 Å². The molecule has 0 fully saturated rings. The van der Waals surface area contributed by atoms with Crippen molar-refractivity contribution in [1.82, 2.24) is 15.6 Å². The number of aryl methyl sites for hydroxylation is 1. The Hall–Kier alpha value is -1.91. The van der Waals surface area contributed by atoms with E-state index in [9.17, 15) is 9.59 Å². The van der Waals surface area contributed by atoms with Gasteiger partial charge in [0.25, 0.3) is 0 Å². The third kappa shape index (κ3) is 7.51. The molecule has 2 amide bonds. The van der Waals surface area contributed by atoms with Crippen molar-refractivity contribution < 1.29 is 9.59 Å². The van der Waals surface area contributed by atoms with Gasteiger partial charge in [0.1, 0.15) is 6.04 Å². The smallest absolute Gasteiger partial charge is 0.242 e. The Kier molecular flexibility index (Phi) is 9.92. The van der Waals surface area contributed by atoms with E-state index in [4.69, 9.17) is 0 Å². The molecule has 5 heteroatoms. The summed E-state index contributed by atoms with van der Waals surface area (Å²) in [6.07, 6.45) is 5.83. The van der Waals surface area contributed by atoms with Crippen LogP contribution < -0.4 is 10.6 Å². The Labute approximate surface area is 121 Å². The molecule has 0 aliphatic rings. The first-order valence-electron chi connectivity index (χ1n) is 7.01. The summed E-state index contributed by atoms with van der Waals surface area (Å²) < 4.78 is 0. The Balaban J connectivity index is 0.00000172. The fourth-order valence-corrected chi connectivity index (χ4v) is 1.74. The van der Waals surface area contributed by atoms with Crippen LogP contribution in [-0.4, -0.2) is 29.9 Å². The van der Waals surface area contributed by atoms with Crippen LogP contribution in [0, 0.1) is 0 Å². The van der Waals surface area contributed by atoms with E-state index < -0.39 is 6.04 Å². The van der Waals surface area contributed by atoms with E-state index in [-0.39, 0.29) is 11.8 Å². The van der Waals surface area contributed by atoms with Crippen molar-refractivity contribution in [1.29, 1.82) is 0 Å². The molecule has 1 aromatic rings. The number of hydrogen-bond donors (Lipinski definition) is 2. The van der Waals surface area contributed by atoms with Crippen LogP contribution in [-0.2, 0) is 16.0 Å². The van der Waals surface area contributed by atoms with Crippen molar-refractivity contribution in [3.63, 3.8) is 0 Å². The quantitative estimate of drug-likeness (QED) is 0.832. The van der Waals surface area contributed by atoms with Gasteiger partial charge in [-0.3, -0.25) is 14.6 Å². The predicted molar refractivity (Wildman–Crippen MR) is 80.2 cm³/mol. The summed E-state index contributed by atoms with van der Waals surface area (Å²) in [6, 6.07) is 3.43. The van der Waals surface area contributed by atoms with Gasteiger partial charge in [-0.2, -0.15) is 0 Å². The number of rotatable bonds is 6. The number of amides is 2. The van der Waals surface area contributed by atoms with E-state index in [0.29, 0.717) is 6.42 Å². The first kappa shape index (κ1) is 18.1. The second kappa shape index (κ2) is 11.0. The topological polar surface area (TPSA) is 71.1 Å². The van der Waals surface area contributed by atoms with Gasteiger partial charge < -0.3 is 10.6 Å². The van der Waals surface area contributed by atoms with Crippen LogP contribution in [0.5, 0.6) is 0 Å². The van der Waals surface area contributed by atoms with Gasteiger partial charge in [0.2, 0.25) is 11.8 Å². The third-order valence-electron chi connectivity index (χ3n) is 2.62. The molecular formula is C15H25N3O2. The monoisotopic (exact) mass is 279 g/mol. The van der Waals surface area contributed by atoms with Gasteiger partial charge in [0, 0.05) is 26.4 Å². The molecule has 5 nitrogen and oxygen atoms in total. The third-order valence-corrected chi connectivity index (χ3v) is 2.62. The number of carbonyl (C=O) groups is 2. The Bertz CT molecular complexity index is 393. The number of pyridine rings is 1. The Morgan fingerprint density at radius 3 is 2.55 bits per heavy atom. The van der Waals surface area contributed by atoms with Gasteiger partial charge in [-0.1, -0.05) is 19.9 Å². The largest absolute Gasteiger partial charge is 0.357 e. The average molecular weight is 279 g/mol. The summed E-state index contributed by atoms with van der Waals surface area (Å²) in [5.41, 5.74) is 1.14. The normalized spacial score (nSPS) is 10.8. The maximum absolute atomic E-state index is 11.6. The molecular weight excluding hydrogens is 254 g/mol. The lowest BCUT2D eigenvalue weighted by molar-refractivity contribution is -0.127. The van der Waals surface area contributed by atoms with E-state index in [1.165, 1.54) is 6.92 Å². The Morgan fingerprint density at radius 1 is 1.35 bits per heavy atom. The van der Waals surface area contributed by atoms with Crippen molar-refractivity contribution in [2.24, 2.45) is 0 Å². The highest BCUT2D eigenvalue weighted by molar-refractivity contribution is 5.86. The summed E-state index contributed by atoms with van der Waals surface area (Å²) in [5, 5.41) is 5.20. The molecule has 0 bridgehead atoms. The molecule has 0 aliphatic heterocycles. The fourth-order valence-electron chi connectivity index (χ4n) is 1.74. The Morgan fingerprint density at radius 2 is 2.05 bits per heavy atom. The van der Waals surface area contributed by atoms with Gasteiger partial charge in [-0.15, -0.1) is 0 Å². The van der Waals surface area contributed by atoms with Crippen LogP contribution >= 0.6 is 0 Å². The molecule has 0 aromatic carbocycles. The molecule has 2 N–H and O–H groups in total. The van der Waals surface area contributed by atoms with Crippen molar-refractivity contribution in [2.75, 3.05) is 7.05 Å². The lowest BCUT2D eigenvalue weighted by Crippen LogP contribution is -2.44. The van der Waals surface area contributed by atoms with E-state index in [1.807, 2.05) is 32.2 Å². The summed E-state index contributed by atoms with van der Waals surface area (Å²) in [4.78, 5) is 26.6. The first-order chi connectivity index (χ1) is 9.63. The number of aromatic nitrogens is 1. The maximum Gasteiger partial charge on any atom is 0.242 e. The van der Waals surface area contributed by atoms with Gasteiger partial charge in [-0.05, 0) is 30.9 Å². The van der Waals surface area contributed by atoms with Gasteiger partial charge >= 0.3 is 0 Å². The predicted octanol–water partition coefficient (Wildman–Crippen LogP) is 1.68. The molecule has 20 heavy (non-hydrogen) atoms. The zero-order chi connectivity index (χ0) is 15.4. The number of carbonyl (C=O) groups excluding carboxylic acids is 2. The van der Waals surface area contributed by atoms with E-state index in [0.717, 1.165) is 18.4 Å². The maximum atomic E-state index is 11.6. The number of nitrogens with one attached hydrogen (secondary N) is 2. The van der Waals surface area contributed by atoms with Crippen LogP contribution in [0.1, 0.15) is 39.2 Å². The van der Waals surface area contributed by atoms with Gasteiger partial charge in [0.15, 0.2) is 0 Å². The summed E-state index contributed by atoms with van der Waals surface area (Å²) in [7, 11) is 1.57. The van der Waals surface area contributed by atoms with E-state index in [2.05, 4.69) is 15.6 Å². The highest BCUT2D eigenvalue weighted by Gasteiger charge is 2.17. The molecule has 1 unspecified atom stereocenters. The summed E-state index contributed by atoms with van der Waals surface area (Å²) >= 11 is 0. The first-order valence-corrected chi connectivity index (χ1v) is 7.01. The molecule has 0 saturated carbocycles. The van der Waals surface area contributed by atoms with Gasteiger partial charge in [0.05, 0.1) is 0 Å². The van der Waals surface area contributed by atoms with E-state index >= 15 is 0 Å². The SMILES string of the molecule is CC.CNC(=O)C(CCCc1cccnc1)NC(C)=O. The van der Waals surface area contributed by atoms with E-state index in [1.54, 1.807) is 13.2 Å². The molecule has 0 aliphatic carbocycles. The molecule has 1 heterocycles. The molecule has 0 radical (unpaired) electrons. The second-order valence-corrected chi connectivity index (χ2v) is 4.12. The molecule has 1 rings (SSSR count). The number of nitrogens with zero attached hydrogens (tertiary/aromatic N) is 1. The van der Waals surface area contributed by atoms with Crippen molar-refractivity contribution in [3.8, 4) is 0 Å². The minimum atomic E-state index is -0.454. The summed E-state index contributed by atoms with van der Waals surface area (Å²) in [5.74, 6) is -0.346. The van der Waals surface area contributed by atoms with Crippen LogP contribution in [0.15, 0.2) is 24.5 Å². The highest BCUT2D eigenvalue weighted by Crippen LogP contribution is 2.05. The fraction of sp³-hybridized carbons (Fsp3) is 0.533. The molecule has 0 spiro atoms. The van der Waals surface area contributed by atoms with Crippen LogP contribution in [0.3, 0.4) is 0 Å². The van der Waals surface area contributed by atoms with Gasteiger partial charge in [-0.25, -0.2) is 0 Å². The second-order valence-electron chi connectivity index (χ2n) is 4.12. The molecule has 112 valence electrons. The number of hydrogen-bond acceptors (Lipinski definition) is 3. The lowest BCUT2D eigenvalue weighted by Gasteiger charge is -2.15. The minimum absolute atomic E-state index is 0.156. The molecule has 1 aromatic heterocycles. The van der Waals surface area contributed by atoms with Crippen LogP contribution in [0.2, 0.25) is 0 Å². The molecule has 0 saturated heterocycles. The molecule has 1 atom stereocenters. The van der Waals surface area contributed by atoms with Crippen LogP contribution in [0.4, 0.5) is 0 Å². The minimum Gasteiger partial charge on any atom is -0.357 e.